The van der Waals surface area contributed by atoms with Gasteiger partial charge < -0.3 is 14.1 Å². The van der Waals surface area contributed by atoms with E-state index in [0.29, 0.717) is 34.6 Å². The van der Waals surface area contributed by atoms with E-state index in [-0.39, 0.29) is 24.8 Å². The lowest BCUT2D eigenvalue weighted by atomic mass is 10.1. The Balaban J connectivity index is 1.68. The number of para-hydroxylation sites is 2. The van der Waals surface area contributed by atoms with E-state index < -0.39 is 5.76 Å². The van der Waals surface area contributed by atoms with Crippen molar-refractivity contribution < 1.29 is 18.7 Å². The van der Waals surface area contributed by atoms with Crippen LogP contribution in [0, 0.1) is 0 Å². The van der Waals surface area contributed by atoms with E-state index in [1.54, 1.807) is 48.5 Å². The van der Waals surface area contributed by atoms with E-state index in [1.165, 1.54) is 9.47 Å². The molecule has 7 nitrogen and oxygen atoms in total. The Morgan fingerprint density at radius 2 is 2.00 bits per heavy atom. The number of ketones is 1. The summed E-state index contributed by atoms with van der Waals surface area (Å²) in [7, 11) is 0. The van der Waals surface area contributed by atoms with Crippen molar-refractivity contribution in [2.24, 2.45) is 0 Å². The second-order valence-corrected chi connectivity index (χ2v) is 6.11. The smallest absolute Gasteiger partial charge is 0.420 e. The fraction of sp³-hybridized carbons (Fsp3) is 0.150. The Bertz CT molecular complexity index is 1120. The number of oxazole rings is 1. The number of carbonyl (C=O) groups excluding carboxylic acids is 2. The monoisotopic (exact) mass is 364 g/mol. The van der Waals surface area contributed by atoms with Crippen LogP contribution in [0.2, 0.25) is 0 Å². The van der Waals surface area contributed by atoms with Gasteiger partial charge in [-0.15, -0.1) is 6.58 Å². The third-order valence-corrected chi connectivity index (χ3v) is 4.41. The second-order valence-electron chi connectivity index (χ2n) is 6.11. The number of nitrogens with zero attached hydrogens (tertiary/aromatic N) is 2. The zero-order valence-electron chi connectivity index (χ0n) is 14.4. The summed E-state index contributed by atoms with van der Waals surface area (Å²) in [6, 6.07) is 11.8. The first kappa shape index (κ1) is 16.8. The largest absolute Gasteiger partial charge is 0.482 e. The lowest BCUT2D eigenvalue weighted by Gasteiger charge is -2.28. The summed E-state index contributed by atoms with van der Waals surface area (Å²) >= 11 is 0. The van der Waals surface area contributed by atoms with Gasteiger partial charge in [0.25, 0.3) is 5.91 Å². The number of hydrogen-bond donors (Lipinski definition) is 0. The van der Waals surface area contributed by atoms with Crippen LogP contribution in [-0.2, 0) is 11.3 Å². The average molecular weight is 364 g/mol. The molecule has 7 heteroatoms. The number of hydrogen-bond acceptors (Lipinski definition) is 5. The van der Waals surface area contributed by atoms with Crippen LogP contribution in [-0.4, -0.2) is 29.4 Å². The highest BCUT2D eigenvalue weighted by molar-refractivity contribution is 6.02. The SMILES string of the molecule is C=CCN1C(=O)COc2ccc(C(=O)Cn3c(=O)oc4ccccc43)cc21. The number of aromatic nitrogens is 1. The summed E-state index contributed by atoms with van der Waals surface area (Å²) in [5.74, 6) is -0.541. The molecule has 0 atom stereocenters. The van der Waals surface area contributed by atoms with Crippen LogP contribution >= 0.6 is 0 Å². The molecule has 2 aromatic carbocycles. The van der Waals surface area contributed by atoms with Gasteiger partial charge in [0.2, 0.25) is 0 Å². The van der Waals surface area contributed by atoms with E-state index in [2.05, 4.69) is 6.58 Å². The highest BCUT2D eigenvalue weighted by atomic mass is 16.5. The van der Waals surface area contributed by atoms with Gasteiger partial charge in [-0.1, -0.05) is 18.2 Å². The average Bonchev–Trinajstić information content (AvgIpc) is 2.99. The van der Waals surface area contributed by atoms with Gasteiger partial charge in [0.1, 0.15) is 5.75 Å². The normalized spacial score (nSPS) is 13.3. The summed E-state index contributed by atoms with van der Waals surface area (Å²) in [6.07, 6.45) is 1.61. The summed E-state index contributed by atoms with van der Waals surface area (Å²) in [5, 5.41) is 0. The Labute approximate surface area is 154 Å². The molecule has 1 amide bonds. The van der Waals surface area contributed by atoms with Crippen molar-refractivity contribution in [2.45, 2.75) is 6.54 Å². The molecular formula is C20H16N2O5. The van der Waals surface area contributed by atoms with Crippen LogP contribution in [0.25, 0.3) is 11.1 Å². The first-order valence-corrected chi connectivity index (χ1v) is 8.38. The molecule has 1 aliphatic heterocycles. The zero-order valence-corrected chi connectivity index (χ0v) is 14.4. The number of rotatable bonds is 5. The summed E-state index contributed by atoms with van der Waals surface area (Å²) in [6.45, 7) is 3.76. The van der Waals surface area contributed by atoms with E-state index in [1.807, 2.05) is 0 Å². The van der Waals surface area contributed by atoms with Gasteiger partial charge >= 0.3 is 5.76 Å². The zero-order chi connectivity index (χ0) is 19.0. The molecule has 0 fully saturated rings. The third-order valence-electron chi connectivity index (χ3n) is 4.41. The molecule has 0 saturated carbocycles. The van der Waals surface area contributed by atoms with E-state index in [9.17, 15) is 14.4 Å². The molecule has 0 spiro atoms. The van der Waals surface area contributed by atoms with Crippen molar-refractivity contribution in [3.63, 3.8) is 0 Å². The van der Waals surface area contributed by atoms with E-state index >= 15 is 0 Å². The molecule has 0 bridgehead atoms. The number of ether oxygens (including phenoxy) is 1. The highest BCUT2D eigenvalue weighted by Crippen LogP contribution is 2.33. The maximum Gasteiger partial charge on any atom is 0.420 e. The van der Waals surface area contributed by atoms with Crippen molar-refractivity contribution in [1.29, 1.82) is 0 Å². The Morgan fingerprint density at radius 3 is 2.81 bits per heavy atom. The van der Waals surface area contributed by atoms with E-state index in [4.69, 9.17) is 9.15 Å². The molecule has 1 aromatic heterocycles. The fourth-order valence-electron chi connectivity index (χ4n) is 3.10. The molecule has 27 heavy (non-hydrogen) atoms. The number of benzene rings is 2. The third kappa shape index (κ3) is 2.93. The predicted octanol–water partition coefficient (Wildman–Crippen LogP) is 2.39. The molecule has 136 valence electrons. The lowest BCUT2D eigenvalue weighted by molar-refractivity contribution is -0.121. The number of carbonyl (C=O) groups is 2. The molecule has 4 rings (SSSR count). The highest BCUT2D eigenvalue weighted by Gasteiger charge is 2.26. The second kappa shape index (κ2) is 6.60. The van der Waals surface area contributed by atoms with Gasteiger partial charge in [-0.05, 0) is 30.3 Å². The van der Waals surface area contributed by atoms with Gasteiger partial charge in [-0.25, -0.2) is 4.79 Å². The van der Waals surface area contributed by atoms with Gasteiger partial charge in [0.15, 0.2) is 18.0 Å². The number of amides is 1. The van der Waals surface area contributed by atoms with Crippen LogP contribution in [0.4, 0.5) is 5.69 Å². The van der Waals surface area contributed by atoms with Crippen molar-refractivity contribution in [1.82, 2.24) is 4.57 Å². The molecule has 0 unspecified atom stereocenters. The van der Waals surface area contributed by atoms with Crippen LogP contribution in [0.3, 0.4) is 0 Å². The molecule has 1 aliphatic rings. The predicted molar refractivity (Wildman–Crippen MR) is 99.3 cm³/mol. The number of fused-ring (bicyclic) bond motifs is 2. The molecule has 3 aromatic rings. The minimum absolute atomic E-state index is 0.0511. The van der Waals surface area contributed by atoms with Gasteiger partial charge in [-0.2, -0.15) is 0 Å². The fourth-order valence-corrected chi connectivity index (χ4v) is 3.10. The van der Waals surface area contributed by atoms with Crippen molar-refractivity contribution in [3.05, 3.63) is 71.2 Å². The number of anilines is 1. The van der Waals surface area contributed by atoms with Gasteiger partial charge in [-0.3, -0.25) is 14.2 Å². The Kier molecular flexibility index (Phi) is 4.12. The van der Waals surface area contributed by atoms with E-state index in [0.717, 1.165) is 0 Å². The minimum atomic E-state index is -0.589. The molecule has 0 saturated heterocycles. The molecular weight excluding hydrogens is 348 g/mol. The van der Waals surface area contributed by atoms with Crippen LogP contribution in [0.15, 0.2) is 64.3 Å². The van der Waals surface area contributed by atoms with Crippen LogP contribution in [0.1, 0.15) is 10.4 Å². The first-order chi connectivity index (χ1) is 13.1. The van der Waals surface area contributed by atoms with Gasteiger partial charge in [0.05, 0.1) is 17.7 Å². The first-order valence-electron chi connectivity index (χ1n) is 8.38. The molecule has 0 N–H and O–H groups in total. The Hall–Kier alpha value is -3.61. The number of Topliss-reactive ketones (excluding diaryl/α,β-unsaturated/α-hetero) is 1. The maximum absolute atomic E-state index is 12.8. The standard InChI is InChI=1S/C20H16N2O5/c1-2-9-21-15-10-13(7-8-17(15)26-12-19(21)24)16(23)11-22-14-5-3-4-6-18(14)27-20(22)25/h2-8,10H,1,9,11-12H2. The topological polar surface area (TPSA) is 81.8 Å². The summed E-state index contributed by atoms with van der Waals surface area (Å²) < 4.78 is 11.9. The molecule has 0 radical (unpaired) electrons. The van der Waals surface area contributed by atoms with Gasteiger partial charge in [0, 0.05) is 12.1 Å². The van der Waals surface area contributed by atoms with Crippen LogP contribution < -0.4 is 15.4 Å². The van der Waals surface area contributed by atoms with Crippen molar-refractivity contribution in [2.75, 3.05) is 18.1 Å². The maximum atomic E-state index is 12.8. The summed E-state index contributed by atoms with van der Waals surface area (Å²) in [4.78, 5) is 38.5. The van der Waals surface area contributed by atoms with Crippen molar-refractivity contribution in [3.8, 4) is 5.75 Å². The van der Waals surface area contributed by atoms with Crippen molar-refractivity contribution >= 4 is 28.5 Å². The molecule has 0 aliphatic carbocycles. The Morgan fingerprint density at radius 1 is 1.19 bits per heavy atom. The lowest BCUT2D eigenvalue weighted by Crippen LogP contribution is -2.39. The molecule has 2 heterocycles. The summed E-state index contributed by atoms with van der Waals surface area (Å²) in [5.41, 5.74) is 1.87. The minimum Gasteiger partial charge on any atom is -0.482 e. The van der Waals surface area contributed by atoms with Crippen LogP contribution in [0.5, 0.6) is 5.75 Å². The quantitative estimate of drug-likeness (QED) is 0.513.